The Morgan fingerprint density at radius 3 is 2.18 bits per heavy atom. The van der Waals surface area contributed by atoms with Crippen molar-refractivity contribution in [2.45, 2.75) is 40.0 Å². The van der Waals surface area contributed by atoms with Crippen molar-refractivity contribution in [3.8, 4) is 11.1 Å². The van der Waals surface area contributed by atoms with Crippen molar-refractivity contribution in [1.29, 1.82) is 0 Å². The highest BCUT2D eigenvalue weighted by atomic mass is 16.4. The predicted molar refractivity (Wildman–Crippen MR) is 113 cm³/mol. The largest absolute Gasteiger partial charge is 0.512 e. The third-order valence-corrected chi connectivity index (χ3v) is 4.80. The van der Waals surface area contributed by atoms with Gasteiger partial charge in [0.05, 0.1) is 11.1 Å². The molecule has 0 atom stereocenters. The maximum atomic E-state index is 13.0. The van der Waals surface area contributed by atoms with E-state index in [-0.39, 0.29) is 22.3 Å². The molecule has 0 saturated heterocycles. The Morgan fingerprint density at radius 1 is 1.00 bits per heavy atom. The molecule has 1 heterocycles. The lowest BCUT2D eigenvalue weighted by Crippen LogP contribution is -2.15. The summed E-state index contributed by atoms with van der Waals surface area (Å²) in [6.45, 7) is 8.99. The molecule has 4 nitrogen and oxygen atoms in total. The van der Waals surface area contributed by atoms with Gasteiger partial charge in [0.25, 0.3) is 0 Å². The molecule has 1 N–H and O–H groups in total. The Labute approximate surface area is 164 Å². The summed E-state index contributed by atoms with van der Waals surface area (Å²) in [6, 6.07) is 15.2. The van der Waals surface area contributed by atoms with Crippen LogP contribution in [0.4, 0.5) is 0 Å². The van der Waals surface area contributed by atoms with E-state index in [9.17, 15) is 14.7 Å². The van der Waals surface area contributed by atoms with Gasteiger partial charge in [0.1, 0.15) is 11.3 Å². The van der Waals surface area contributed by atoms with Crippen LogP contribution in [0.2, 0.25) is 0 Å². The molecule has 0 saturated carbocycles. The van der Waals surface area contributed by atoms with E-state index in [4.69, 9.17) is 4.42 Å². The van der Waals surface area contributed by atoms with Crippen LogP contribution in [0.3, 0.4) is 0 Å². The van der Waals surface area contributed by atoms with E-state index < -0.39 is 11.4 Å². The van der Waals surface area contributed by atoms with Crippen molar-refractivity contribution in [3.05, 3.63) is 75.8 Å². The second-order valence-corrected chi connectivity index (χ2v) is 7.98. The lowest BCUT2D eigenvalue weighted by molar-refractivity contribution is -0.111. The van der Waals surface area contributed by atoms with Gasteiger partial charge in [-0.2, -0.15) is 0 Å². The summed E-state index contributed by atoms with van der Waals surface area (Å²) in [5.74, 6) is -0.599. The summed E-state index contributed by atoms with van der Waals surface area (Å²) >= 11 is 0. The number of fused-ring (bicyclic) bond motifs is 1. The topological polar surface area (TPSA) is 67.5 Å². The monoisotopic (exact) mass is 376 g/mol. The van der Waals surface area contributed by atoms with E-state index in [1.165, 1.54) is 13.8 Å². The molecule has 0 bridgehead atoms. The minimum atomic E-state index is -0.643. The normalized spacial score (nSPS) is 12.8. The third-order valence-electron chi connectivity index (χ3n) is 4.80. The molecule has 0 amide bonds. The van der Waals surface area contributed by atoms with Crippen LogP contribution in [0.5, 0.6) is 0 Å². The summed E-state index contributed by atoms with van der Waals surface area (Å²) in [7, 11) is 0. The molecule has 2 aromatic carbocycles. The molecule has 0 aliphatic heterocycles. The van der Waals surface area contributed by atoms with Crippen LogP contribution in [0.1, 0.15) is 45.7 Å². The van der Waals surface area contributed by atoms with Crippen LogP contribution in [-0.4, -0.2) is 10.9 Å². The average molecular weight is 376 g/mol. The van der Waals surface area contributed by atoms with Crippen molar-refractivity contribution in [2.24, 2.45) is 0 Å². The SMILES string of the molecule is CC(=O)/C(=C(/C)O)c1c(-c2ccccc2)c2ccc(C(C)(C)C)cc2oc1=O. The Morgan fingerprint density at radius 2 is 1.64 bits per heavy atom. The molecule has 0 aliphatic rings. The molecule has 0 fully saturated rings. The van der Waals surface area contributed by atoms with Crippen molar-refractivity contribution in [1.82, 2.24) is 0 Å². The molecule has 144 valence electrons. The molecule has 0 aliphatic carbocycles. The Balaban J connectivity index is 2.51. The highest BCUT2D eigenvalue weighted by Gasteiger charge is 2.25. The average Bonchev–Trinajstić information content (AvgIpc) is 2.61. The molecule has 1 aromatic heterocycles. The first kappa shape index (κ1) is 19.6. The summed E-state index contributed by atoms with van der Waals surface area (Å²) < 4.78 is 5.62. The number of allylic oxidation sites excluding steroid dienone is 2. The first-order chi connectivity index (χ1) is 13.1. The first-order valence-corrected chi connectivity index (χ1v) is 9.19. The van der Waals surface area contributed by atoms with E-state index in [1.54, 1.807) is 0 Å². The van der Waals surface area contributed by atoms with Gasteiger partial charge in [0.15, 0.2) is 5.78 Å². The fourth-order valence-corrected chi connectivity index (χ4v) is 3.41. The molecule has 0 radical (unpaired) electrons. The number of rotatable bonds is 3. The molecular formula is C24H24O4. The summed E-state index contributed by atoms with van der Waals surface area (Å²) in [5, 5.41) is 10.8. The smallest absolute Gasteiger partial charge is 0.345 e. The maximum absolute atomic E-state index is 13.0. The number of hydrogen-bond donors (Lipinski definition) is 1. The van der Waals surface area contributed by atoms with Crippen LogP contribution in [-0.2, 0) is 10.2 Å². The predicted octanol–water partition coefficient (Wildman–Crippen LogP) is 5.64. The van der Waals surface area contributed by atoms with Gasteiger partial charge in [0.2, 0.25) is 0 Å². The van der Waals surface area contributed by atoms with Crippen molar-refractivity contribution in [3.63, 3.8) is 0 Å². The minimum Gasteiger partial charge on any atom is -0.512 e. The minimum absolute atomic E-state index is 0.0191. The number of aliphatic hydroxyl groups excluding tert-OH is 1. The Hall–Kier alpha value is -3.14. The van der Waals surface area contributed by atoms with Crippen LogP contribution in [0, 0.1) is 0 Å². The van der Waals surface area contributed by atoms with Crippen molar-refractivity contribution >= 4 is 22.3 Å². The number of ketones is 1. The zero-order valence-electron chi connectivity index (χ0n) is 16.8. The third kappa shape index (κ3) is 3.50. The highest BCUT2D eigenvalue weighted by molar-refractivity contribution is 6.22. The second kappa shape index (κ2) is 7.12. The number of hydrogen-bond acceptors (Lipinski definition) is 4. The first-order valence-electron chi connectivity index (χ1n) is 9.19. The van der Waals surface area contributed by atoms with Gasteiger partial charge in [-0.25, -0.2) is 4.79 Å². The zero-order chi connectivity index (χ0) is 20.6. The van der Waals surface area contributed by atoms with Crippen LogP contribution < -0.4 is 5.63 Å². The molecule has 4 heteroatoms. The number of aliphatic hydroxyl groups is 1. The lowest BCUT2D eigenvalue weighted by atomic mass is 9.85. The number of benzene rings is 2. The van der Waals surface area contributed by atoms with E-state index >= 15 is 0 Å². The molecule has 3 rings (SSSR count). The van der Waals surface area contributed by atoms with E-state index in [0.717, 1.165) is 11.1 Å². The van der Waals surface area contributed by atoms with E-state index in [2.05, 4.69) is 20.8 Å². The van der Waals surface area contributed by atoms with Gasteiger partial charge < -0.3 is 9.52 Å². The molecule has 0 spiro atoms. The van der Waals surface area contributed by atoms with Crippen LogP contribution >= 0.6 is 0 Å². The Kier molecular flexibility index (Phi) is 4.99. The lowest BCUT2D eigenvalue weighted by Gasteiger charge is -2.20. The van der Waals surface area contributed by atoms with Crippen molar-refractivity contribution < 1.29 is 14.3 Å². The van der Waals surface area contributed by atoms with Crippen molar-refractivity contribution in [2.75, 3.05) is 0 Å². The fourth-order valence-electron chi connectivity index (χ4n) is 3.41. The summed E-state index contributed by atoms with van der Waals surface area (Å²) in [6.07, 6.45) is 0. The standard InChI is InChI=1S/C24H24O4/c1-14(25)20(15(2)26)22-21(16-9-7-6-8-10-16)18-12-11-17(24(3,4)5)13-19(18)28-23(22)27/h6-13,25H,1-5H3/b20-14+. The molecular weight excluding hydrogens is 352 g/mol. The number of carbonyl (C=O) groups is 1. The summed E-state index contributed by atoms with van der Waals surface area (Å²) in [5.41, 5.74) is 2.18. The van der Waals surface area contributed by atoms with Gasteiger partial charge in [-0.05, 0) is 36.5 Å². The van der Waals surface area contributed by atoms with Gasteiger partial charge in [-0.15, -0.1) is 0 Å². The summed E-state index contributed by atoms with van der Waals surface area (Å²) in [4.78, 5) is 25.2. The van der Waals surface area contributed by atoms with Crippen LogP contribution in [0.15, 0.2) is 63.5 Å². The highest BCUT2D eigenvalue weighted by Crippen LogP contribution is 2.36. The fraction of sp³-hybridized carbons (Fsp3) is 0.250. The Bertz CT molecular complexity index is 1140. The van der Waals surface area contributed by atoms with Gasteiger partial charge in [0, 0.05) is 10.9 Å². The van der Waals surface area contributed by atoms with E-state index in [0.29, 0.717) is 16.5 Å². The molecule has 0 unspecified atom stereocenters. The zero-order valence-corrected chi connectivity index (χ0v) is 16.8. The van der Waals surface area contributed by atoms with E-state index in [1.807, 2.05) is 48.5 Å². The molecule has 28 heavy (non-hydrogen) atoms. The second-order valence-electron chi connectivity index (χ2n) is 7.98. The van der Waals surface area contributed by atoms with Gasteiger partial charge in [-0.3, -0.25) is 4.79 Å². The molecule has 3 aromatic rings. The van der Waals surface area contributed by atoms with Gasteiger partial charge >= 0.3 is 5.63 Å². The number of carbonyl (C=O) groups excluding carboxylic acids is 1. The van der Waals surface area contributed by atoms with Crippen LogP contribution in [0.25, 0.3) is 27.7 Å². The van der Waals surface area contributed by atoms with Gasteiger partial charge in [-0.1, -0.05) is 63.2 Å². The quantitative estimate of drug-likeness (QED) is 0.365. The number of Topliss-reactive ketones (excluding diaryl/α,β-unsaturated/α-hetero) is 1. The maximum Gasteiger partial charge on any atom is 0.345 e.